The zero-order valence-corrected chi connectivity index (χ0v) is 8.62. The Balaban J connectivity index is 3.81. The maximum absolute atomic E-state index is 10.8. The molecule has 14 heavy (non-hydrogen) atoms. The molecule has 5 heteroatoms. The Morgan fingerprint density at radius 3 is 2.50 bits per heavy atom. The first-order valence-corrected chi connectivity index (χ1v) is 4.31. The summed E-state index contributed by atoms with van der Waals surface area (Å²) >= 11 is 0. The van der Waals surface area contributed by atoms with Crippen LogP contribution in [-0.4, -0.2) is 55.2 Å². The summed E-state index contributed by atoms with van der Waals surface area (Å²) in [4.78, 5) is 21.2. The van der Waals surface area contributed by atoms with E-state index in [0.29, 0.717) is 17.6 Å². The van der Waals surface area contributed by atoms with E-state index in [1.54, 1.807) is 14.1 Å². The summed E-state index contributed by atoms with van der Waals surface area (Å²) in [5, 5.41) is 11.2. The molecule has 5 nitrogen and oxygen atoms in total. The van der Waals surface area contributed by atoms with Crippen molar-refractivity contribution >= 4 is 11.9 Å². The van der Waals surface area contributed by atoms with E-state index in [2.05, 4.69) is 11.9 Å². The van der Waals surface area contributed by atoms with Gasteiger partial charge >= 0.3 is 5.97 Å². The molecule has 0 radical (unpaired) electrons. The number of nitrogens with zero attached hydrogens (tertiary/aromatic N) is 1. The maximum atomic E-state index is 10.8. The number of amides is 1. The van der Waals surface area contributed by atoms with Crippen molar-refractivity contribution in [1.29, 1.82) is 0 Å². The predicted molar refractivity (Wildman–Crippen MR) is 52.7 cm³/mol. The average Bonchev–Trinajstić information content (AvgIpc) is 2.01. The third-order valence-electron chi connectivity index (χ3n) is 1.77. The number of carbonyl (C=O) groups is 2. The van der Waals surface area contributed by atoms with Crippen LogP contribution < -0.4 is 5.32 Å². The SMILES string of the molecule is C=CC(=O)NCC[N+](C)(C)CC(=O)O. The lowest BCUT2D eigenvalue weighted by molar-refractivity contribution is -0.881. The molecule has 0 unspecified atom stereocenters. The minimum Gasteiger partial charge on any atom is -0.477 e. The van der Waals surface area contributed by atoms with Crippen LogP contribution in [0.3, 0.4) is 0 Å². The van der Waals surface area contributed by atoms with Crippen LogP contribution in [0.2, 0.25) is 0 Å². The minimum absolute atomic E-state index is 0.0456. The number of carbonyl (C=O) groups excluding carboxylic acids is 1. The molecule has 0 spiro atoms. The van der Waals surface area contributed by atoms with Crippen molar-refractivity contribution in [1.82, 2.24) is 5.32 Å². The van der Waals surface area contributed by atoms with Gasteiger partial charge in [-0.25, -0.2) is 4.79 Å². The van der Waals surface area contributed by atoms with Gasteiger partial charge in [0.1, 0.15) is 0 Å². The molecular formula is C9H17N2O3+. The van der Waals surface area contributed by atoms with Crippen LogP contribution in [0, 0.1) is 0 Å². The molecule has 0 atom stereocenters. The Kier molecular flexibility index (Phi) is 4.86. The lowest BCUT2D eigenvalue weighted by Gasteiger charge is -2.27. The van der Waals surface area contributed by atoms with Crippen LogP contribution >= 0.6 is 0 Å². The van der Waals surface area contributed by atoms with E-state index >= 15 is 0 Å². The normalized spacial score (nSPS) is 10.7. The van der Waals surface area contributed by atoms with Gasteiger partial charge in [-0.3, -0.25) is 4.79 Å². The molecule has 1 amide bonds. The Bertz CT molecular complexity index is 236. The first kappa shape index (κ1) is 12.6. The van der Waals surface area contributed by atoms with Crippen molar-refractivity contribution in [2.24, 2.45) is 0 Å². The van der Waals surface area contributed by atoms with Crippen LogP contribution in [0.1, 0.15) is 0 Å². The highest BCUT2D eigenvalue weighted by atomic mass is 16.4. The van der Waals surface area contributed by atoms with Gasteiger partial charge in [0.05, 0.1) is 27.2 Å². The zero-order valence-electron chi connectivity index (χ0n) is 8.62. The number of hydrogen-bond donors (Lipinski definition) is 2. The standard InChI is InChI=1S/C9H16N2O3/c1-4-8(12)10-5-6-11(2,3)7-9(13)14/h4H,1,5-7H2,2-3H3,(H-,10,12,13,14)/p+1. The summed E-state index contributed by atoms with van der Waals surface area (Å²) in [7, 11) is 3.60. The summed E-state index contributed by atoms with van der Waals surface area (Å²) in [5.74, 6) is -1.08. The summed E-state index contributed by atoms with van der Waals surface area (Å²) in [6.45, 7) is 4.38. The van der Waals surface area contributed by atoms with Gasteiger partial charge in [0.15, 0.2) is 6.54 Å². The van der Waals surface area contributed by atoms with Gasteiger partial charge in [-0.1, -0.05) is 6.58 Å². The molecule has 0 rings (SSSR count). The quantitative estimate of drug-likeness (QED) is 0.447. The summed E-state index contributed by atoms with van der Waals surface area (Å²) < 4.78 is 0.340. The Morgan fingerprint density at radius 1 is 1.50 bits per heavy atom. The lowest BCUT2D eigenvalue weighted by atomic mass is 10.4. The predicted octanol–water partition coefficient (Wildman–Crippen LogP) is -0.550. The number of quaternary nitrogens is 1. The third kappa shape index (κ3) is 6.19. The Hall–Kier alpha value is -1.36. The molecular weight excluding hydrogens is 184 g/mol. The number of carboxylic acids is 1. The van der Waals surface area contributed by atoms with Crippen molar-refractivity contribution in [3.05, 3.63) is 12.7 Å². The first-order chi connectivity index (χ1) is 6.37. The van der Waals surface area contributed by atoms with E-state index < -0.39 is 5.97 Å². The van der Waals surface area contributed by atoms with Gasteiger partial charge in [0.25, 0.3) is 0 Å². The molecule has 0 aromatic heterocycles. The van der Waals surface area contributed by atoms with Gasteiger partial charge in [0.2, 0.25) is 5.91 Å². The number of likely N-dealkylation sites (N-methyl/N-ethyl adjacent to an activating group) is 1. The molecule has 0 aliphatic heterocycles. The molecule has 0 aliphatic carbocycles. The zero-order chi connectivity index (χ0) is 11.2. The Morgan fingerprint density at radius 2 is 2.07 bits per heavy atom. The number of rotatable bonds is 6. The monoisotopic (exact) mass is 201 g/mol. The molecule has 0 aliphatic rings. The molecule has 0 heterocycles. The average molecular weight is 201 g/mol. The lowest BCUT2D eigenvalue weighted by Crippen LogP contribution is -2.48. The highest BCUT2D eigenvalue weighted by Crippen LogP contribution is 1.94. The fourth-order valence-corrected chi connectivity index (χ4v) is 0.999. The fraction of sp³-hybridized carbons (Fsp3) is 0.556. The van der Waals surface area contributed by atoms with Crippen molar-refractivity contribution < 1.29 is 19.2 Å². The highest BCUT2D eigenvalue weighted by molar-refractivity contribution is 5.86. The number of hydrogen-bond acceptors (Lipinski definition) is 2. The summed E-state index contributed by atoms with van der Waals surface area (Å²) in [6, 6.07) is 0. The van der Waals surface area contributed by atoms with Gasteiger partial charge in [-0.2, -0.15) is 0 Å². The third-order valence-corrected chi connectivity index (χ3v) is 1.77. The molecule has 0 aromatic carbocycles. The largest absolute Gasteiger partial charge is 0.477 e. The fourth-order valence-electron chi connectivity index (χ4n) is 0.999. The summed E-state index contributed by atoms with van der Waals surface area (Å²) in [5.41, 5.74) is 0. The van der Waals surface area contributed by atoms with Crippen LogP contribution in [0.25, 0.3) is 0 Å². The van der Waals surface area contributed by atoms with E-state index in [9.17, 15) is 9.59 Å². The van der Waals surface area contributed by atoms with Crippen LogP contribution in [0.4, 0.5) is 0 Å². The topological polar surface area (TPSA) is 66.4 Å². The molecule has 80 valence electrons. The smallest absolute Gasteiger partial charge is 0.359 e. The van der Waals surface area contributed by atoms with Gasteiger partial charge in [-0.15, -0.1) is 0 Å². The second-order valence-electron chi connectivity index (χ2n) is 3.71. The molecule has 0 saturated heterocycles. The van der Waals surface area contributed by atoms with Crippen molar-refractivity contribution in [3.8, 4) is 0 Å². The van der Waals surface area contributed by atoms with Crippen molar-refractivity contribution in [2.75, 3.05) is 33.7 Å². The van der Waals surface area contributed by atoms with Gasteiger partial charge in [-0.05, 0) is 6.08 Å². The number of nitrogens with one attached hydrogen (secondary N) is 1. The number of carboxylic acid groups (broad SMARTS) is 1. The van der Waals surface area contributed by atoms with Crippen molar-refractivity contribution in [2.45, 2.75) is 0 Å². The van der Waals surface area contributed by atoms with Crippen LogP contribution in [-0.2, 0) is 9.59 Å². The van der Waals surface area contributed by atoms with E-state index in [1.807, 2.05) is 0 Å². The minimum atomic E-state index is -0.843. The van der Waals surface area contributed by atoms with E-state index in [4.69, 9.17) is 5.11 Å². The molecule has 2 N–H and O–H groups in total. The van der Waals surface area contributed by atoms with E-state index in [0.717, 1.165) is 0 Å². The van der Waals surface area contributed by atoms with Gasteiger partial charge in [0, 0.05) is 0 Å². The highest BCUT2D eigenvalue weighted by Gasteiger charge is 2.18. The second-order valence-corrected chi connectivity index (χ2v) is 3.71. The first-order valence-electron chi connectivity index (χ1n) is 4.31. The van der Waals surface area contributed by atoms with Crippen molar-refractivity contribution in [3.63, 3.8) is 0 Å². The van der Waals surface area contributed by atoms with E-state index in [-0.39, 0.29) is 12.5 Å². The molecule has 0 fully saturated rings. The van der Waals surface area contributed by atoms with Crippen LogP contribution in [0.15, 0.2) is 12.7 Å². The molecule has 0 saturated carbocycles. The molecule has 0 bridgehead atoms. The second kappa shape index (κ2) is 5.39. The van der Waals surface area contributed by atoms with E-state index in [1.165, 1.54) is 6.08 Å². The van der Waals surface area contributed by atoms with Crippen LogP contribution in [0.5, 0.6) is 0 Å². The molecule has 0 aromatic rings. The Labute approximate surface area is 83.6 Å². The number of aliphatic carboxylic acids is 1. The maximum Gasteiger partial charge on any atom is 0.359 e. The van der Waals surface area contributed by atoms with Gasteiger partial charge < -0.3 is 14.9 Å². The summed E-state index contributed by atoms with van der Waals surface area (Å²) in [6.07, 6.45) is 1.19.